The van der Waals surface area contributed by atoms with E-state index >= 15 is 0 Å². The van der Waals surface area contributed by atoms with Crippen LogP contribution < -0.4 is 10.2 Å². The fourth-order valence-electron chi connectivity index (χ4n) is 3.58. The highest BCUT2D eigenvalue weighted by molar-refractivity contribution is 6.22. The van der Waals surface area contributed by atoms with Crippen LogP contribution in [0.3, 0.4) is 0 Å². The smallest absolute Gasteiger partial charge is 0.326 e. The summed E-state index contributed by atoms with van der Waals surface area (Å²) in [6, 6.07) is 13.7. The van der Waals surface area contributed by atoms with Crippen LogP contribution in [0.25, 0.3) is 0 Å². The second-order valence-electron chi connectivity index (χ2n) is 8.16. The van der Waals surface area contributed by atoms with Crippen molar-refractivity contribution in [1.82, 2.24) is 4.90 Å². The predicted molar refractivity (Wildman–Crippen MR) is 118 cm³/mol. The first kappa shape index (κ1) is 21.6. The third-order valence-electron chi connectivity index (χ3n) is 5.20. The molecule has 2 aromatic carbocycles. The molecular formula is C24H29N3O3. The molecule has 0 bridgehead atoms. The number of hydrogen-bond acceptors (Lipinski definition) is 3. The van der Waals surface area contributed by atoms with Gasteiger partial charge < -0.3 is 10.2 Å². The van der Waals surface area contributed by atoms with Gasteiger partial charge in [-0.2, -0.15) is 0 Å². The van der Waals surface area contributed by atoms with Gasteiger partial charge in [0.15, 0.2) is 0 Å². The van der Waals surface area contributed by atoms with Crippen molar-refractivity contribution in [2.75, 3.05) is 16.8 Å². The molecule has 1 aliphatic rings. The highest BCUT2D eigenvalue weighted by atomic mass is 16.2. The summed E-state index contributed by atoms with van der Waals surface area (Å²) >= 11 is 0. The fourth-order valence-corrected chi connectivity index (χ4v) is 3.58. The van der Waals surface area contributed by atoms with Gasteiger partial charge >= 0.3 is 6.03 Å². The van der Waals surface area contributed by atoms with E-state index in [0.29, 0.717) is 17.9 Å². The van der Waals surface area contributed by atoms with Crippen molar-refractivity contribution in [3.05, 3.63) is 59.7 Å². The first-order valence-electron chi connectivity index (χ1n) is 10.4. The number of nitrogens with one attached hydrogen (secondary N) is 1. The normalized spacial score (nSPS) is 16.5. The Labute approximate surface area is 177 Å². The summed E-state index contributed by atoms with van der Waals surface area (Å²) < 4.78 is 0. The highest BCUT2D eigenvalue weighted by Gasteiger charge is 2.46. The Morgan fingerprint density at radius 3 is 2.23 bits per heavy atom. The van der Waals surface area contributed by atoms with Gasteiger partial charge in [-0.15, -0.1) is 0 Å². The standard InChI is InChI=1S/C24H29N3O3/c1-5-18-8-10-19(11-9-18)25-22(28)14-21-23(29)27(20-12-6-17(4)7-13-20)24(30)26(21)15-16(2)3/h6-13,16,21H,5,14-15H2,1-4H3,(H,25,28). The van der Waals surface area contributed by atoms with E-state index in [1.54, 1.807) is 12.1 Å². The minimum absolute atomic E-state index is 0.0742. The maximum Gasteiger partial charge on any atom is 0.332 e. The molecule has 0 radical (unpaired) electrons. The number of amides is 4. The SMILES string of the molecule is CCc1ccc(NC(=O)CC2C(=O)N(c3ccc(C)cc3)C(=O)N2CC(C)C)cc1. The van der Waals surface area contributed by atoms with E-state index in [0.717, 1.165) is 12.0 Å². The lowest BCUT2D eigenvalue weighted by atomic mass is 10.1. The van der Waals surface area contributed by atoms with Crippen LogP contribution in [-0.2, 0) is 16.0 Å². The molecule has 6 nitrogen and oxygen atoms in total. The molecule has 1 heterocycles. The van der Waals surface area contributed by atoms with Crippen molar-refractivity contribution in [3.63, 3.8) is 0 Å². The summed E-state index contributed by atoms with van der Waals surface area (Å²) in [5.74, 6) is -0.474. The molecule has 1 atom stereocenters. The molecule has 0 aromatic heterocycles. The molecule has 1 fully saturated rings. The maximum absolute atomic E-state index is 13.1. The van der Waals surface area contributed by atoms with E-state index in [9.17, 15) is 14.4 Å². The molecule has 1 aliphatic heterocycles. The average molecular weight is 408 g/mol. The Kier molecular flexibility index (Phi) is 6.55. The Morgan fingerprint density at radius 1 is 1.03 bits per heavy atom. The van der Waals surface area contributed by atoms with Gasteiger partial charge in [0.25, 0.3) is 5.91 Å². The Balaban J connectivity index is 1.79. The second kappa shape index (κ2) is 9.11. The number of rotatable bonds is 7. The van der Waals surface area contributed by atoms with Gasteiger partial charge in [0, 0.05) is 12.2 Å². The fraction of sp³-hybridized carbons (Fsp3) is 0.375. The molecule has 1 unspecified atom stereocenters. The molecule has 3 rings (SSSR count). The maximum atomic E-state index is 13.1. The van der Waals surface area contributed by atoms with Crippen molar-refractivity contribution in [2.45, 2.75) is 46.6 Å². The van der Waals surface area contributed by atoms with Crippen molar-refractivity contribution in [2.24, 2.45) is 5.92 Å². The van der Waals surface area contributed by atoms with Gasteiger partial charge in [0.1, 0.15) is 6.04 Å². The lowest BCUT2D eigenvalue weighted by Crippen LogP contribution is -2.40. The third kappa shape index (κ3) is 4.70. The van der Waals surface area contributed by atoms with E-state index in [2.05, 4.69) is 12.2 Å². The summed E-state index contributed by atoms with van der Waals surface area (Å²) in [4.78, 5) is 41.6. The van der Waals surface area contributed by atoms with E-state index in [-0.39, 0.29) is 30.2 Å². The summed E-state index contributed by atoms with van der Waals surface area (Å²) in [7, 11) is 0. The van der Waals surface area contributed by atoms with Gasteiger partial charge in [-0.1, -0.05) is 50.6 Å². The van der Waals surface area contributed by atoms with E-state index in [1.165, 1.54) is 15.4 Å². The number of urea groups is 1. The second-order valence-corrected chi connectivity index (χ2v) is 8.16. The minimum Gasteiger partial charge on any atom is -0.326 e. The number of carbonyl (C=O) groups is 3. The molecule has 1 N–H and O–H groups in total. The third-order valence-corrected chi connectivity index (χ3v) is 5.20. The molecule has 0 aliphatic carbocycles. The lowest BCUT2D eigenvalue weighted by molar-refractivity contribution is -0.124. The van der Waals surface area contributed by atoms with Gasteiger partial charge in [0.05, 0.1) is 12.1 Å². The number of benzene rings is 2. The van der Waals surface area contributed by atoms with Crippen LogP contribution in [0.5, 0.6) is 0 Å². The topological polar surface area (TPSA) is 69.7 Å². The zero-order chi connectivity index (χ0) is 21.8. The molecule has 6 heteroatoms. The van der Waals surface area contributed by atoms with Crippen LogP contribution in [-0.4, -0.2) is 35.3 Å². The molecule has 1 saturated heterocycles. The van der Waals surface area contributed by atoms with Crippen molar-refractivity contribution >= 4 is 29.2 Å². The Morgan fingerprint density at radius 2 is 1.67 bits per heavy atom. The number of carbonyl (C=O) groups excluding carboxylic acids is 3. The molecular weight excluding hydrogens is 378 g/mol. The Bertz CT molecular complexity index is 920. The van der Waals surface area contributed by atoms with Gasteiger partial charge in [0.2, 0.25) is 5.91 Å². The van der Waals surface area contributed by atoms with Crippen LogP contribution in [0, 0.1) is 12.8 Å². The molecule has 4 amide bonds. The van der Waals surface area contributed by atoms with Gasteiger partial charge in [-0.3, -0.25) is 9.59 Å². The minimum atomic E-state index is -0.809. The Hall–Kier alpha value is -3.15. The number of aryl methyl sites for hydroxylation is 2. The zero-order valence-corrected chi connectivity index (χ0v) is 18.0. The zero-order valence-electron chi connectivity index (χ0n) is 18.0. The molecule has 30 heavy (non-hydrogen) atoms. The van der Waals surface area contributed by atoms with E-state index in [1.807, 2.05) is 57.2 Å². The molecule has 2 aromatic rings. The van der Waals surface area contributed by atoms with Crippen molar-refractivity contribution in [3.8, 4) is 0 Å². The lowest BCUT2D eigenvalue weighted by Gasteiger charge is -2.23. The molecule has 158 valence electrons. The first-order valence-corrected chi connectivity index (χ1v) is 10.4. The summed E-state index contributed by atoms with van der Waals surface area (Å²) in [5.41, 5.74) is 3.44. The van der Waals surface area contributed by atoms with E-state index in [4.69, 9.17) is 0 Å². The van der Waals surface area contributed by atoms with Gasteiger partial charge in [-0.05, 0) is 49.1 Å². The monoisotopic (exact) mass is 407 g/mol. The number of nitrogens with zero attached hydrogens (tertiary/aromatic N) is 2. The van der Waals surface area contributed by atoms with Crippen LogP contribution in [0.2, 0.25) is 0 Å². The predicted octanol–water partition coefficient (Wildman–Crippen LogP) is 4.38. The largest absolute Gasteiger partial charge is 0.332 e. The summed E-state index contributed by atoms with van der Waals surface area (Å²) in [5, 5.41) is 2.84. The van der Waals surface area contributed by atoms with Crippen LogP contribution in [0.1, 0.15) is 38.3 Å². The van der Waals surface area contributed by atoms with Crippen LogP contribution >= 0.6 is 0 Å². The van der Waals surface area contributed by atoms with Crippen molar-refractivity contribution < 1.29 is 14.4 Å². The quantitative estimate of drug-likeness (QED) is 0.693. The number of imide groups is 1. The summed E-state index contributed by atoms with van der Waals surface area (Å²) in [6.45, 7) is 8.40. The summed E-state index contributed by atoms with van der Waals surface area (Å²) in [6.07, 6.45) is 0.848. The molecule has 0 saturated carbocycles. The van der Waals surface area contributed by atoms with E-state index < -0.39 is 6.04 Å². The first-order chi connectivity index (χ1) is 14.3. The van der Waals surface area contributed by atoms with Crippen molar-refractivity contribution in [1.29, 1.82) is 0 Å². The molecule has 0 spiro atoms. The number of hydrogen-bond donors (Lipinski definition) is 1. The van der Waals surface area contributed by atoms with Gasteiger partial charge in [-0.25, -0.2) is 9.69 Å². The van der Waals surface area contributed by atoms with Crippen LogP contribution in [0.4, 0.5) is 16.2 Å². The highest BCUT2D eigenvalue weighted by Crippen LogP contribution is 2.28. The average Bonchev–Trinajstić information content (AvgIpc) is 2.93. The van der Waals surface area contributed by atoms with Crippen LogP contribution in [0.15, 0.2) is 48.5 Å². The number of anilines is 2.